The molecule has 2 aromatic rings. The molecule has 118 valence electrons. The van der Waals surface area contributed by atoms with E-state index in [1.807, 2.05) is 36.4 Å². The van der Waals surface area contributed by atoms with Crippen LogP contribution in [-0.4, -0.2) is 25.7 Å². The predicted molar refractivity (Wildman–Crippen MR) is 89.6 cm³/mol. The second-order valence-corrected chi connectivity index (χ2v) is 7.60. The molecular weight excluding hydrogens is 320 g/mol. The third-order valence-corrected chi connectivity index (χ3v) is 5.09. The van der Waals surface area contributed by atoms with Gasteiger partial charge in [0.1, 0.15) is 0 Å². The predicted octanol–water partition coefficient (Wildman–Crippen LogP) is 3.00. The molecule has 1 aromatic carbocycles. The molecule has 0 bridgehead atoms. The molecular formula is C16H19ClN2O2S. The van der Waals surface area contributed by atoms with E-state index in [0.717, 1.165) is 11.1 Å². The van der Waals surface area contributed by atoms with Gasteiger partial charge in [-0.05, 0) is 42.7 Å². The smallest absolute Gasteiger partial charge is 0.211 e. The van der Waals surface area contributed by atoms with Gasteiger partial charge in [0.2, 0.25) is 10.0 Å². The maximum atomic E-state index is 11.7. The van der Waals surface area contributed by atoms with E-state index in [0.29, 0.717) is 18.0 Å². The monoisotopic (exact) mass is 338 g/mol. The van der Waals surface area contributed by atoms with Crippen LogP contribution >= 0.6 is 11.6 Å². The first-order valence-corrected chi connectivity index (χ1v) is 9.15. The van der Waals surface area contributed by atoms with Crippen LogP contribution < -0.4 is 4.72 Å². The number of nitrogens with one attached hydrogen (secondary N) is 1. The van der Waals surface area contributed by atoms with E-state index in [9.17, 15) is 8.42 Å². The Morgan fingerprint density at radius 1 is 1.23 bits per heavy atom. The van der Waals surface area contributed by atoms with E-state index in [1.165, 1.54) is 0 Å². The molecule has 0 saturated heterocycles. The molecule has 0 saturated carbocycles. The topological polar surface area (TPSA) is 59.1 Å². The van der Waals surface area contributed by atoms with Crippen molar-refractivity contribution in [1.29, 1.82) is 0 Å². The lowest BCUT2D eigenvalue weighted by Gasteiger charge is -2.18. The van der Waals surface area contributed by atoms with E-state index in [1.54, 1.807) is 19.3 Å². The number of rotatable bonds is 7. The summed E-state index contributed by atoms with van der Waals surface area (Å²) in [6.45, 7) is 1.98. The lowest BCUT2D eigenvalue weighted by atomic mass is 9.93. The van der Waals surface area contributed by atoms with Gasteiger partial charge in [-0.25, -0.2) is 13.1 Å². The van der Waals surface area contributed by atoms with Gasteiger partial charge in [-0.2, -0.15) is 0 Å². The van der Waals surface area contributed by atoms with Gasteiger partial charge in [0.05, 0.1) is 5.75 Å². The highest BCUT2D eigenvalue weighted by Gasteiger charge is 2.16. The molecule has 0 aliphatic rings. The summed E-state index contributed by atoms with van der Waals surface area (Å²) in [5, 5.41) is 0.665. The molecule has 6 heteroatoms. The largest absolute Gasteiger partial charge is 0.264 e. The van der Waals surface area contributed by atoms with Gasteiger partial charge in [-0.1, -0.05) is 29.8 Å². The quantitative estimate of drug-likeness (QED) is 0.844. The van der Waals surface area contributed by atoms with Gasteiger partial charge >= 0.3 is 0 Å². The minimum atomic E-state index is -3.21. The Hall–Kier alpha value is -1.43. The Morgan fingerprint density at radius 2 is 1.95 bits per heavy atom. The summed E-state index contributed by atoms with van der Waals surface area (Å²) in [5.74, 6) is 0.107. The minimum Gasteiger partial charge on any atom is -0.264 e. The number of hydrogen-bond acceptors (Lipinski definition) is 3. The lowest BCUT2D eigenvalue weighted by Crippen LogP contribution is -2.30. The van der Waals surface area contributed by atoms with E-state index in [2.05, 4.69) is 9.71 Å². The molecule has 22 heavy (non-hydrogen) atoms. The Balaban J connectivity index is 2.18. The number of hydrogen-bond donors (Lipinski definition) is 1. The fourth-order valence-corrected chi connectivity index (χ4v) is 2.96. The summed E-state index contributed by atoms with van der Waals surface area (Å²) in [4.78, 5) is 4.11. The fourth-order valence-electron chi connectivity index (χ4n) is 2.18. The van der Waals surface area contributed by atoms with Crippen LogP contribution in [0.1, 0.15) is 24.0 Å². The van der Waals surface area contributed by atoms with Crippen molar-refractivity contribution in [1.82, 2.24) is 9.71 Å². The Morgan fingerprint density at radius 3 is 2.55 bits per heavy atom. The summed E-state index contributed by atoms with van der Waals surface area (Å²) >= 11 is 5.93. The first-order valence-electron chi connectivity index (χ1n) is 7.12. The molecule has 0 spiro atoms. The van der Waals surface area contributed by atoms with Crippen molar-refractivity contribution in [2.75, 3.05) is 12.3 Å². The average molecular weight is 339 g/mol. The molecule has 0 radical (unpaired) electrons. The molecule has 4 nitrogen and oxygen atoms in total. The number of halogens is 1. The van der Waals surface area contributed by atoms with Gasteiger partial charge in [0.15, 0.2) is 0 Å². The van der Waals surface area contributed by atoms with Crippen molar-refractivity contribution < 1.29 is 8.42 Å². The SMILES string of the molecule is CCS(=O)(=O)NCC(Cc1cccnc1)c1ccc(Cl)cc1. The van der Waals surface area contributed by atoms with E-state index in [-0.39, 0.29) is 11.7 Å². The van der Waals surface area contributed by atoms with Crippen molar-refractivity contribution in [3.63, 3.8) is 0 Å². The van der Waals surface area contributed by atoms with E-state index < -0.39 is 10.0 Å². The normalized spacial score (nSPS) is 13.0. The van der Waals surface area contributed by atoms with Gasteiger partial charge in [-0.3, -0.25) is 4.98 Å². The van der Waals surface area contributed by atoms with Gasteiger partial charge in [-0.15, -0.1) is 0 Å². The highest BCUT2D eigenvalue weighted by atomic mass is 35.5. The van der Waals surface area contributed by atoms with Gasteiger partial charge < -0.3 is 0 Å². The van der Waals surface area contributed by atoms with Crippen LogP contribution in [0.25, 0.3) is 0 Å². The summed E-state index contributed by atoms with van der Waals surface area (Å²) < 4.78 is 26.1. The fraction of sp³-hybridized carbons (Fsp3) is 0.312. The van der Waals surface area contributed by atoms with Crippen LogP contribution in [0.2, 0.25) is 5.02 Å². The number of pyridine rings is 1. The highest BCUT2D eigenvalue weighted by molar-refractivity contribution is 7.89. The van der Waals surface area contributed by atoms with Crippen molar-refractivity contribution in [3.05, 3.63) is 64.9 Å². The highest BCUT2D eigenvalue weighted by Crippen LogP contribution is 2.22. The van der Waals surface area contributed by atoms with Crippen molar-refractivity contribution in [2.45, 2.75) is 19.3 Å². The summed E-state index contributed by atoms with van der Waals surface area (Å²) in [6.07, 6.45) is 4.24. The van der Waals surface area contributed by atoms with E-state index >= 15 is 0 Å². The number of nitrogens with zero attached hydrogens (tertiary/aromatic N) is 1. The van der Waals surface area contributed by atoms with Gasteiger partial charge in [0, 0.05) is 29.9 Å². The zero-order valence-corrected chi connectivity index (χ0v) is 13.9. The van der Waals surface area contributed by atoms with Crippen LogP contribution in [-0.2, 0) is 16.4 Å². The first kappa shape index (κ1) is 16.9. The van der Waals surface area contributed by atoms with Crippen molar-refractivity contribution >= 4 is 21.6 Å². The maximum Gasteiger partial charge on any atom is 0.211 e. The molecule has 0 aliphatic heterocycles. The van der Waals surface area contributed by atoms with Crippen LogP contribution in [0.4, 0.5) is 0 Å². The Labute approximate surface area is 136 Å². The molecule has 1 N–H and O–H groups in total. The average Bonchev–Trinajstić information content (AvgIpc) is 2.53. The lowest BCUT2D eigenvalue weighted by molar-refractivity contribution is 0.569. The minimum absolute atomic E-state index is 0.0304. The molecule has 0 amide bonds. The van der Waals surface area contributed by atoms with E-state index in [4.69, 9.17) is 11.6 Å². The number of sulfonamides is 1. The number of aromatic nitrogens is 1. The molecule has 1 aromatic heterocycles. The van der Waals surface area contributed by atoms with Crippen LogP contribution in [0.3, 0.4) is 0 Å². The summed E-state index contributed by atoms with van der Waals surface area (Å²) in [7, 11) is -3.21. The molecule has 1 heterocycles. The molecule has 0 fully saturated rings. The third kappa shape index (κ3) is 5.09. The number of benzene rings is 1. The molecule has 0 aliphatic carbocycles. The van der Waals surface area contributed by atoms with Crippen LogP contribution in [0, 0.1) is 0 Å². The Bertz CT molecular complexity index is 688. The standard InChI is InChI=1S/C16H19ClN2O2S/c1-2-22(20,21)19-12-15(10-13-4-3-9-18-11-13)14-5-7-16(17)8-6-14/h3-9,11,15,19H,2,10,12H2,1H3. The second-order valence-electron chi connectivity index (χ2n) is 5.07. The van der Waals surface area contributed by atoms with Crippen molar-refractivity contribution in [3.8, 4) is 0 Å². The Kier molecular flexibility index (Phi) is 5.94. The van der Waals surface area contributed by atoms with Crippen LogP contribution in [0.5, 0.6) is 0 Å². The summed E-state index contributed by atoms with van der Waals surface area (Å²) in [5.41, 5.74) is 2.12. The summed E-state index contributed by atoms with van der Waals surface area (Å²) in [6, 6.07) is 11.4. The van der Waals surface area contributed by atoms with Gasteiger partial charge in [0.25, 0.3) is 0 Å². The second kappa shape index (κ2) is 7.72. The first-order chi connectivity index (χ1) is 10.5. The molecule has 2 rings (SSSR count). The van der Waals surface area contributed by atoms with Crippen LogP contribution in [0.15, 0.2) is 48.8 Å². The maximum absolute atomic E-state index is 11.7. The van der Waals surface area contributed by atoms with Crippen molar-refractivity contribution in [2.24, 2.45) is 0 Å². The third-order valence-electron chi connectivity index (χ3n) is 3.48. The zero-order chi connectivity index (χ0) is 16.0. The molecule has 1 unspecified atom stereocenters. The molecule has 1 atom stereocenters. The zero-order valence-electron chi connectivity index (χ0n) is 12.4.